The van der Waals surface area contributed by atoms with Crippen LogP contribution in [-0.2, 0) is 14.4 Å². The molecule has 6 heterocycles. The number of aromatic nitrogens is 4. The zero-order valence-electron chi connectivity index (χ0n) is 31.7. The topological polar surface area (TPSA) is 161 Å². The van der Waals surface area contributed by atoms with Gasteiger partial charge in [0, 0.05) is 93.8 Å². The first-order valence-electron chi connectivity index (χ1n) is 19.3. The lowest BCUT2D eigenvalue weighted by atomic mass is 9.94. The minimum absolute atomic E-state index is 0.0305. The van der Waals surface area contributed by atoms with Crippen LogP contribution in [0.1, 0.15) is 44.3 Å². The number of nitrogens with zero attached hydrogens (tertiary/aromatic N) is 6. The van der Waals surface area contributed by atoms with Crippen molar-refractivity contribution in [1.29, 1.82) is 0 Å². The predicted octanol–water partition coefficient (Wildman–Crippen LogP) is 6.29. The summed E-state index contributed by atoms with van der Waals surface area (Å²) < 4.78 is 6.24. The summed E-state index contributed by atoms with van der Waals surface area (Å²) in [5.41, 5.74) is 5.91. The van der Waals surface area contributed by atoms with Crippen LogP contribution < -0.4 is 30.5 Å². The molecule has 2 atom stereocenters. The van der Waals surface area contributed by atoms with Gasteiger partial charge in [0.05, 0.1) is 32.6 Å². The highest BCUT2D eigenvalue weighted by Crippen LogP contribution is 2.38. The minimum atomic E-state index is -0.474. The molecule has 3 fully saturated rings. The number of ether oxygens (including phenoxy) is 1. The molecular formula is C41H44Cl2N10O4. The quantitative estimate of drug-likeness (QED) is 0.117. The van der Waals surface area contributed by atoms with E-state index in [4.69, 9.17) is 32.9 Å². The monoisotopic (exact) mass is 810 g/mol. The Morgan fingerprint density at radius 2 is 1.70 bits per heavy atom. The van der Waals surface area contributed by atoms with E-state index in [9.17, 15) is 14.4 Å². The normalized spacial score (nSPS) is 18.4. The van der Waals surface area contributed by atoms with Crippen molar-refractivity contribution in [2.45, 2.75) is 44.8 Å². The van der Waals surface area contributed by atoms with Gasteiger partial charge in [-0.25, -0.2) is 4.98 Å². The standard InChI is InChI=1S/C41H44Cl2N10O4/c1-24(37-29(42)22-45-23-30(37)43)57-27-7-8-31-28(20-27)38(50-49-31)26-6-10-35(46-21-26)52-16-18-53(19-17-52)41(56)25-12-14-51(15-13-25)34-5-3-4-32(39(34)44-2)47-33-9-11-36(54)48-40(33)55/h3-8,10,20-25,33,44,47H,9,11-19H2,1-2H3,(H,49,50)(H,48,54,55)/t24-,33?/m1/s1. The van der Waals surface area contributed by atoms with Gasteiger partial charge in [-0.1, -0.05) is 29.3 Å². The van der Waals surface area contributed by atoms with Gasteiger partial charge in [0.15, 0.2) is 0 Å². The average molecular weight is 812 g/mol. The van der Waals surface area contributed by atoms with Crippen molar-refractivity contribution in [2.24, 2.45) is 5.92 Å². The molecule has 5 aromatic rings. The van der Waals surface area contributed by atoms with Crippen LogP contribution in [0.2, 0.25) is 10.0 Å². The predicted molar refractivity (Wildman–Crippen MR) is 222 cm³/mol. The first-order valence-corrected chi connectivity index (χ1v) is 20.0. The Bertz CT molecular complexity index is 2270. The van der Waals surface area contributed by atoms with Crippen molar-refractivity contribution in [2.75, 3.05) is 66.7 Å². The number of H-pyrrole nitrogens is 1. The second-order valence-electron chi connectivity index (χ2n) is 14.6. The van der Waals surface area contributed by atoms with E-state index in [0.717, 1.165) is 71.0 Å². The van der Waals surface area contributed by atoms with Gasteiger partial charge in [-0.3, -0.25) is 29.8 Å². The maximum Gasteiger partial charge on any atom is 0.249 e. The van der Waals surface area contributed by atoms with Gasteiger partial charge in [0.25, 0.3) is 0 Å². The van der Waals surface area contributed by atoms with E-state index in [-0.39, 0.29) is 23.6 Å². The number of carbonyl (C=O) groups excluding carboxylic acids is 3. The summed E-state index contributed by atoms with van der Waals surface area (Å²) in [4.78, 5) is 53.1. The lowest BCUT2D eigenvalue weighted by Gasteiger charge is -2.39. The van der Waals surface area contributed by atoms with Gasteiger partial charge in [-0.05, 0) is 68.7 Å². The van der Waals surface area contributed by atoms with Gasteiger partial charge in [-0.2, -0.15) is 5.10 Å². The van der Waals surface area contributed by atoms with Crippen molar-refractivity contribution in [1.82, 2.24) is 30.4 Å². The van der Waals surface area contributed by atoms with Crippen LogP contribution in [0.15, 0.2) is 67.1 Å². The summed E-state index contributed by atoms with van der Waals surface area (Å²) in [7, 11) is 1.86. The lowest BCUT2D eigenvalue weighted by Crippen LogP contribution is -2.52. The molecular weight excluding hydrogens is 767 g/mol. The highest BCUT2D eigenvalue weighted by atomic mass is 35.5. The minimum Gasteiger partial charge on any atom is -0.486 e. The first-order chi connectivity index (χ1) is 27.7. The number of carbonyl (C=O) groups is 3. The molecule has 0 bridgehead atoms. The Labute approximate surface area is 340 Å². The largest absolute Gasteiger partial charge is 0.486 e. The molecule has 3 aliphatic heterocycles. The van der Waals surface area contributed by atoms with Crippen molar-refractivity contribution in [3.63, 3.8) is 0 Å². The van der Waals surface area contributed by atoms with Gasteiger partial charge >= 0.3 is 0 Å². The number of pyridine rings is 2. The highest BCUT2D eigenvalue weighted by molar-refractivity contribution is 6.35. The molecule has 4 N–H and O–H groups in total. The van der Waals surface area contributed by atoms with Gasteiger partial charge in [0.2, 0.25) is 17.7 Å². The number of hydrogen-bond acceptors (Lipinski definition) is 11. The van der Waals surface area contributed by atoms with Crippen LogP contribution in [0.5, 0.6) is 5.75 Å². The van der Waals surface area contributed by atoms with Crippen LogP contribution in [0.25, 0.3) is 22.2 Å². The average Bonchev–Trinajstić information content (AvgIpc) is 3.65. The summed E-state index contributed by atoms with van der Waals surface area (Å²) in [5, 5.41) is 18.5. The Morgan fingerprint density at radius 1 is 0.930 bits per heavy atom. The van der Waals surface area contributed by atoms with Crippen molar-refractivity contribution < 1.29 is 19.1 Å². The molecule has 0 spiro atoms. The van der Waals surface area contributed by atoms with E-state index in [0.29, 0.717) is 60.4 Å². The van der Waals surface area contributed by atoms with Gasteiger partial charge in [0.1, 0.15) is 29.4 Å². The van der Waals surface area contributed by atoms with Crippen molar-refractivity contribution in [3.8, 4) is 17.0 Å². The molecule has 0 saturated carbocycles. The lowest BCUT2D eigenvalue weighted by molar-refractivity contribution is -0.136. The van der Waals surface area contributed by atoms with E-state index in [1.807, 2.05) is 67.5 Å². The smallest absolute Gasteiger partial charge is 0.249 e. The molecule has 16 heteroatoms. The number of imide groups is 1. The number of piperazine rings is 1. The third-order valence-electron chi connectivity index (χ3n) is 11.1. The number of nitrogens with one attached hydrogen (secondary N) is 4. The number of amides is 3. The molecule has 8 rings (SSSR count). The summed E-state index contributed by atoms with van der Waals surface area (Å²) in [6.07, 6.45) is 6.83. The Morgan fingerprint density at radius 3 is 2.40 bits per heavy atom. The number of fused-ring (bicyclic) bond motifs is 1. The van der Waals surface area contributed by atoms with E-state index in [1.165, 1.54) is 0 Å². The van der Waals surface area contributed by atoms with Crippen LogP contribution in [0.4, 0.5) is 22.9 Å². The van der Waals surface area contributed by atoms with Crippen LogP contribution in [0, 0.1) is 5.92 Å². The molecule has 3 saturated heterocycles. The SMILES string of the molecule is CNc1c(NC2CCC(=O)NC2=O)cccc1N1CCC(C(=O)N2CCN(c3ccc(-c4n[nH]c5ccc(O[C@H](C)c6c(Cl)cncc6Cl)cc45)cn3)CC2)CC1. The summed E-state index contributed by atoms with van der Waals surface area (Å²) >= 11 is 12.7. The number of aromatic amines is 1. The fourth-order valence-corrected chi connectivity index (χ4v) is 8.73. The number of halogens is 2. The summed E-state index contributed by atoms with van der Waals surface area (Å²) in [6.45, 7) is 6.07. The zero-order valence-corrected chi connectivity index (χ0v) is 33.2. The molecule has 0 radical (unpaired) electrons. The molecule has 57 heavy (non-hydrogen) atoms. The van der Waals surface area contributed by atoms with E-state index in [2.05, 4.69) is 47.0 Å². The second kappa shape index (κ2) is 16.5. The second-order valence-corrected chi connectivity index (χ2v) is 15.4. The Hall–Kier alpha value is -5.60. The van der Waals surface area contributed by atoms with Gasteiger partial charge < -0.3 is 30.1 Å². The third-order valence-corrected chi connectivity index (χ3v) is 11.7. The van der Waals surface area contributed by atoms with Crippen LogP contribution in [-0.4, -0.2) is 95.1 Å². The number of rotatable bonds is 10. The fraction of sp³-hybridized carbons (Fsp3) is 0.366. The number of anilines is 4. The van der Waals surface area contributed by atoms with E-state index in [1.54, 1.807) is 12.4 Å². The highest BCUT2D eigenvalue weighted by Gasteiger charge is 2.32. The van der Waals surface area contributed by atoms with Crippen LogP contribution >= 0.6 is 23.2 Å². The molecule has 296 valence electrons. The number of piperidine rings is 2. The van der Waals surface area contributed by atoms with Crippen molar-refractivity contribution >= 4 is 74.7 Å². The molecule has 3 aromatic heterocycles. The third kappa shape index (κ3) is 8.01. The summed E-state index contributed by atoms with van der Waals surface area (Å²) in [5.74, 6) is 1.15. The molecule has 3 aliphatic rings. The zero-order chi connectivity index (χ0) is 39.6. The molecule has 1 unspecified atom stereocenters. The fourth-order valence-electron chi connectivity index (χ4n) is 8.06. The number of hydrogen-bond donors (Lipinski definition) is 4. The van der Waals surface area contributed by atoms with Crippen LogP contribution in [0.3, 0.4) is 0 Å². The van der Waals surface area contributed by atoms with Crippen molar-refractivity contribution in [3.05, 3.63) is 82.7 Å². The van der Waals surface area contributed by atoms with Gasteiger partial charge in [-0.15, -0.1) is 0 Å². The molecule has 3 amide bonds. The maximum absolute atomic E-state index is 13.7. The number of benzene rings is 2. The summed E-state index contributed by atoms with van der Waals surface area (Å²) in [6, 6.07) is 15.3. The van der Waals surface area contributed by atoms with E-state index < -0.39 is 12.1 Å². The Kier molecular flexibility index (Phi) is 11.1. The molecule has 0 aliphatic carbocycles. The number of para-hydroxylation sites is 1. The molecule has 14 nitrogen and oxygen atoms in total. The molecule has 2 aromatic carbocycles. The maximum atomic E-state index is 13.7. The van der Waals surface area contributed by atoms with E-state index >= 15 is 0 Å². The first kappa shape index (κ1) is 38.3. The Balaban J connectivity index is 0.851.